The predicted octanol–water partition coefficient (Wildman–Crippen LogP) is 17.1. The van der Waals surface area contributed by atoms with Gasteiger partial charge in [0.25, 0.3) is 0 Å². The molecule has 76 heavy (non-hydrogen) atoms. The summed E-state index contributed by atoms with van der Waals surface area (Å²) >= 11 is 0. The molecule has 2 aromatic heterocycles. The number of hydrogen-bond acceptors (Lipinski definition) is 5. The summed E-state index contributed by atoms with van der Waals surface area (Å²) in [6.45, 7) is 0.368. The maximum Gasteiger partial charge on any atom is 0.220 e. The first-order valence-corrected chi connectivity index (χ1v) is 25.6. The number of hydrogen-bond donors (Lipinski definition) is 1. The molecule has 0 saturated heterocycles. The highest BCUT2D eigenvalue weighted by Gasteiger charge is 2.36. The zero-order valence-electron chi connectivity index (χ0n) is 41.3. The van der Waals surface area contributed by atoms with Crippen molar-refractivity contribution >= 4 is 56.3 Å². The number of nitrogens with zero attached hydrogens (tertiary/aromatic N) is 6. The van der Waals surface area contributed by atoms with Crippen molar-refractivity contribution in [2.45, 2.75) is 0 Å². The van der Waals surface area contributed by atoms with E-state index in [1.165, 1.54) is 0 Å². The molecule has 7 nitrogen and oxygen atoms in total. The maximum atomic E-state index is 12.3. The lowest BCUT2D eigenvalue weighted by Crippen LogP contribution is -2.26. The van der Waals surface area contributed by atoms with E-state index in [4.69, 9.17) is 10.7 Å². The van der Waals surface area contributed by atoms with Crippen molar-refractivity contribution < 1.29 is 0 Å². The molecule has 0 amide bonds. The minimum atomic E-state index is 0.368. The van der Waals surface area contributed by atoms with E-state index in [9.17, 15) is 5.26 Å². The number of imidazole rings is 2. The molecule has 13 aromatic rings. The SMILES string of the molecule is N#Cc1c(N2CN(c3cc(-c4ccccc4)ccc3N)c3cc(-c4ccccc4)ccc32)c(-c2ccccc2)cc(-c2ccccc2)c1-n1c2ccc(-c3ccccc3)cc2n2c3cc(-c4ccccc4)ccc3nc12. The molecule has 3 heterocycles. The third kappa shape index (κ3) is 7.39. The lowest BCUT2D eigenvalue weighted by Gasteiger charge is -2.28. The van der Waals surface area contributed by atoms with Crippen LogP contribution in [0.2, 0.25) is 0 Å². The smallest absolute Gasteiger partial charge is 0.220 e. The van der Waals surface area contributed by atoms with Gasteiger partial charge in [0.2, 0.25) is 5.78 Å². The molecule has 0 aliphatic carbocycles. The number of nitrogen functional groups attached to an aromatic ring is 1. The molecule has 0 radical (unpaired) electrons. The summed E-state index contributed by atoms with van der Waals surface area (Å²) in [5, 5.41) is 12.3. The van der Waals surface area contributed by atoms with Crippen molar-refractivity contribution in [2.75, 3.05) is 22.2 Å². The Hall–Kier alpha value is -10.4. The molecule has 0 spiro atoms. The van der Waals surface area contributed by atoms with Crippen molar-refractivity contribution in [3.05, 3.63) is 266 Å². The van der Waals surface area contributed by atoms with Crippen LogP contribution in [0, 0.1) is 11.3 Å². The molecule has 1 aliphatic rings. The van der Waals surface area contributed by atoms with Gasteiger partial charge < -0.3 is 15.5 Å². The standard InChI is InChI=1S/C69H47N7/c70-44-58-67(74-45-73(63-39-52(31-35-59(63)71)46-19-7-1-8-20-46)65-41-54(33-37-61(65)74)48-23-11-3-12-24-48)56(50-27-15-5-16-28-50)43-57(51-29-17-6-18-30-51)68(58)76-62-38-34-55(49-25-13-4-14-26-49)42-66(62)75-64-40-53(47-21-9-2-10-22-47)32-36-60(64)72-69(75)76/h1-43H,45,71H2. The lowest BCUT2D eigenvalue weighted by atomic mass is 9.91. The maximum absolute atomic E-state index is 12.3. The van der Waals surface area contributed by atoms with E-state index in [-0.39, 0.29) is 0 Å². The zero-order chi connectivity index (χ0) is 50.7. The summed E-state index contributed by atoms with van der Waals surface area (Å²) in [5.74, 6) is 0.703. The Bertz CT molecular complexity index is 4370. The van der Waals surface area contributed by atoms with Crippen LogP contribution in [0.25, 0.3) is 100 Å². The molecule has 2 N–H and O–H groups in total. The molecule has 358 valence electrons. The molecule has 11 aromatic carbocycles. The number of nitriles is 1. The monoisotopic (exact) mass is 973 g/mol. The van der Waals surface area contributed by atoms with Crippen molar-refractivity contribution in [3.8, 4) is 78.5 Å². The molecule has 0 atom stereocenters. The highest BCUT2D eigenvalue weighted by molar-refractivity contribution is 6.03. The molecule has 0 unspecified atom stereocenters. The first-order chi connectivity index (χ1) is 37.6. The zero-order valence-corrected chi connectivity index (χ0v) is 41.3. The minimum absolute atomic E-state index is 0.368. The van der Waals surface area contributed by atoms with Crippen LogP contribution in [0.3, 0.4) is 0 Å². The Kier molecular flexibility index (Phi) is 10.6. The highest BCUT2D eigenvalue weighted by Crippen LogP contribution is 2.53. The molecule has 7 heteroatoms. The van der Waals surface area contributed by atoms with Crippen molar-refractivity contribution in [1.29, 1.82) is 5.26 Å². The number of aromatic nitrogens is 3. The average Bonchev–Trinajstić information content (AvgIpc) is 4.18. The number of anilines is 5. The van der Waals surface area contributed by atoms with Crippen LogP contribution >= 0.6 is 0 Å². The van der Waals surface area contributed by atoms with Crippen LogP contribution in [0.15, 0.2) is 261 Å². The second-order valence-corrected chi connectivity index (χ2v) is 19.3. The lowest BCUT2D eigenvalue weighted by molar-refractivity contribution is 0.987. The quantitative estimate of drug-likeness (QED) is 0.146. The number of nitrogens with two attached hydrogens (primary N) is 1. The topological polar surface area (TPSA) is 78.5 Å². The van der Waals surface area contributed by atoms with Crippen molar-refractivity contribution in [3.63, 3.8) is 0 Å². The third-order valence-corrected chi connectivity index (χ3v) is 14.9. The van der Waals surface area contributed by atoms with E-state index in [0.717, 1.165) is 117 Å². The number of fused-ring (bicyclic) bond motifs is 6. The van der Waals surface area contributed by atoms with E-state index in [0.29, 0.717) is 23.7 Å². The van der Waals surface area contributed by atoms with Gasteiger partial charge in [-0.1, -0.05) is 206 Å². The highest BCUT2D eigenvalue weighted by atomic mass is 15.4. The van der Waals surface area contributed by atoms with Crippen molar-refractivity contribution in [2.24, 2.45) is 0 Å². The Morgan fingerprint density at radius 2 is 0.816 bits per heavy atom. The van der Waals surface area contributed by atoms with Gasteiger partial charge in [-0.25, -0.2) is 4.98 Å². The Labute approximate surface area is 440 Å². The van der Waals surface area contributed by atoms with Gasteiger partial charge in [0.05, 0.1) is 56.2 Å². The first-order valence-electron chi connectivity index (χ1n) is 25.6. The summed E-state index contributed by atoms with van der Waals surface area (Å²) in [6, 6.07) is 94.1. The Morgan fingerprint density at radius 3 is 1.36 bits per heavy atom. The first kappa shape index (κ1) is 44.3. The molecular formula is C69H47N7. The average molecular weight is 974 g/mol. The second kappa shape index (κ2) is 18.3. The third-order valence-electron chi connectivity index (χ3n) is 14.9. The second-order valence-electron chi connectivity index (χ2n) is 19.3. The van der Waals surface area contributed by atoms with Crippen LogP contribution in [-0.2, 0) is 0 Å². The Balaban J connectivity index is 1.08. The van der Waals surface area contributed by atoms with Gasteiger partial charge in [-0.15, -0.1) is 0 Å². The molecule has 0 fully saturated rings. The summed E-state index contributed by atoms with van der Waals surface area (Å²) in [7, 11) is 0. The number of benzene rings is 11. The van der Waals surface area contributed by atoms with Gasteiger partial charge in [-0.2, -0.15) is 5.26 Å². The summed E-state index contributed by atoms with van der Waals surface area (Å²) in [6.07, 6.45) is 0. The van der Waals surface area contributed by atoms with Gasteiger partial charge in [-0.05, 0) is 110 Å². The summed E-state index contributed by atoms with van der Waals surface area (Å²) < 4.78 is 4.52. The molecular weight excluding hydrogens is 927 g/mol. The van der Waals surface area contributed by atoms with Crippen LogP contribution < -0.4 is 15.5 Å². The minimum Gasteiger partial charge on any atom is -0.397 e. The van der Waals surface area contributed by atoms with Gasteiger partial charge in [-0.3, -0.25) is 8.97 Å². The van der Waals surface area contributed by atoms with Crippen molar-refractivity contribution in [1.82, 2.24) is 14.0 Å². The van der Waals surface area contributed by atoms with Crippen LogP contribution in [0.4, 0.5) is 28.4 Å². The van der Waals surface area contributed by atoms with E-state index in [1.54, 1.807) is 0 Å². The summed E-state index contributed by atoms with van der Waals surface area (Å²) in [4.78, 5) is 10.2. The van der Waals surface area contributed by atoms with E-state index in [1.807, 2.05) is 42.5 Å². The Morgan fingerprint density at radius 1 is 0.368 bits per heavy atom. The van der Waals surface area contributed by atoms with Gasteiger partial charge in [0, 0.05) is 11.1 Å². The van der Waals surface area contributed by atoms with Gasteiger partial charge in [0.15, 0.2) is 0 Å². The molecule has 14 rings (SSSR count). The normalized spacial score (nSPS) is 12.1. The van der Waals surface area contributed by atoms with Crippen LogP contribution in [0.5, 0.6) is 0 Å². The molecule has 0 saturated carbocycles. The summed E-state index contributed by atoms with van der Waals surface area (Å²) in [5.41, 5.74) is 28.8. The van der Waals surface area contributed by atoms with Crippen LogP contribution in [0.1, 0.15) is 5.56 Å². The van der Waals surface area contributed by atoms with E-state index in [2.05, 4.69) is 243 Å². The number of rotatable bonds is 9. The fraction of sp³-hybridized carbons (Fsp3) is 0.0145. The van der Waals surface area contributed by atoms with Gasteiger partial charge in [0.1, 0.15) is 18.3 Å². The predicted molar refractivity (Wildman–Crippen MR) is 313 cm³/mol. The fourth-order valence-corrected chi connectivity index (χ4v) is 11.3. The molecule has 0 bridgehead atoms. The largest absolute Gasteiger partial charge is 0.397 e. The van der Waals surface area contributed by atoms with Crippen LogP contribution in [-0.4, -0.2) is 20.6 Å². The van der Waals surface area contributed by atoms with Gasteiger partial charge >= 0.3 is 0 Å². The molecule has 1 aliphatic heterocycles. The fourth-order valence-electron chi connectivity index (χ4n) is 11.3. The van der Waals surface area contributed by atoms with E-state index >= 15 is 0 Å². The van der Waals surface area contributed by atoms with E-state index < -0.39 is 0 Å².